The van der Waals surface area contributed by atoms with Crippen LogP contribution in [-0.2, 0) is 0 Å². The van der Waals surface area contributed by atoms with Crippen molar-refractivity contribution in [3.05, 3.63) is 41.3 Å². The summed E-state index contributed by atoms with van der Waals surface area (Å²) in [6.07, 6.45) is 0. The SMILES string of the molecule is CCOc1cccc2sc(N(CCN(CC)CC)C(=O)c3cc(C)oc3C)nc12. The number of carbonyl (C=O) groups excluding carboxylic acids is 1. The summed E-state index contributed by atoms with van der Waals surface area (Å²) < 4.78 is 12.3. The van der Waals surface area contributed by atoms with Gasteiger partial charge in [-0.15, -0.1) is 0 Å². The van der Waals surface area contributed by atoms with Gasteiger partial charge in [0.05, 0.1) is 16.9 Å². The molecule has 0 atom stereocenters. The molecule has 2 aromatic heterocycles. The molecule has 7 heteroatoms. The first-order valence-electron chi connectivity index (χ1n) is 10.1. The van der Waals surface area contributed by atoms with Gasteiger partial charge in [0.2, 0.25) is 0 Å². The topological polar surface area (TPSA) is 58.8 Å². The van der Waals surface area contributed by atoms with E-state index in [0.717, 1.165) is 41.4 Å². The molecule has 0 fully saturated rings. The van der Waals surface area contributed by atoms with Crippen molar-refractivity contribution in [2.45, 2.75) is 34.6 Å². The van der Waals surface area contributed by atoms with Crippen molar-refractivity contribution >= 4 is 32.6 Å². The standard InChI is InChI=1S/C22H29N3O3S/c1-6-24(7-2)12-13-25(21(26)17-14-15(4)28-16(17)5)22-23-20-18(27-8-3)10-9-11-19(20)29-22/h9-11,14H,6-8,12-13H2,1-5H3. The molecule has 6 nitrogen and oxygen atoms in total. The van der Waals surface area contributed by atoms with Crippen molar-refractivity contribution in [3.63, 3.8) is 0 Å². The van der Waals surface area contributed by atoms with Crippen LogP contribution >= 0.6 is 11.3 Å². The summed E-state index contributed by atoms with van der Waals surface area (Å²) in [5.74, 6) is 2.04. The number of rotatable bonds is 9. The molecule has 0 saturated heterocycles. The Bertz CT molecular complexity index is 975. The third-order valence-electron chi connectivity index (χ3n) is 4.95. The lowest BCUT2D eigenvalue weighted by Crippen LogP contribution is -2.39. The Morgan fingerprint density at radius 3 is 2.55 bits per heavy atom. The zero-order valence-electron chi connectivity index (χ0n) is 17.8. The molecular formula is C22H29N3O3S. The first-order valence-corrected chi connectivity index (χ1v) is 10.9. The zero-order valence-corrected chi connectivity index (χ0v) is 18.6. The second-order valence-corrected chi connectivity index (χ2v) is 7.85. The van der Waals surface area contributed by atoms with Crippen molar-refractivity contribution in [3.8, 4) is 5.75 Å². The Hall–Kier alpha value is -2.38. The second kappa shape index (κ2) is 9.41. The van der Waals surface area contributed by atoms with Gasteiger partial charge in [0.25, 0.3) is 5.91 Å². The van der Waals surface area contributed by atoms with Gasteiger partial charge in [0, 0.05) is 13.1 Å². The van der Waals surface area contributed by atoms with Gasteiger partial charge in [-0.3, -0.25) is 9.69 Å². The Morgan fingerprint density at radius 1 is 1.17 bits per heavy atom. The predicted molar refractivity (Wildman–Crippen MR) is 118 cm³/mol. The quantitative estimate of drug-likeness (QED) is 0.498. The Labute approximate surface area is 176 Å². The molecule has 0 aliphatic carbocycles. The van der Waals surface area contributed by atoms with Crippen molar-refractivity contribution in [1.29, 1.82) is 0 Å². The summed E-state index contributed by atoms with van der Waals surface area (Å²) in [7, 11) is 0. The fraction of sp³-hybridized carbons (Fsp3) is 0.455. The number of ether oxygens (including phenoxy) is 1. The maximum Gasteiger partial charge on any atom is 0.263 e. The summed E-state index contributed by atoms with van der Waals surface area (Å²) in [5, 5.41) is 0.683. The van der Waals surface area contributed by atoms with Crippen LogP contribution in [0.15, 0.2) is 28.7 Å². The van der Waals surface area contributed by atoms with E-state index in [1.54, 1.807) is 11.0 Å². The van der Waals surface area contributed by atoms with Crippen LogP contribution in [0.25, 0.3) is 10.2 Å². The molecule has 0 aliphatic heterocycles. The maximum absolute atomic E-state index is 13.4. The Kier molecular flexibility index (Phi) is 6.92. The van der Waals surface area contributed by atoms with Gasteiger partial charge in [0.1, 0.15) is 22.8 Å². The highest BCUT2D eigenvalue weighted by Gasteiger charge is 2.25. The zero-order chi connectivity index (χ0) is 21.0. The van der Waals surface area contributed by atoms with E-state index >= 15 is 0 Å². The van der Waals surface area contributed by atoms with Crippen molar-refractivity contribution in [2.24, 2.45) is 0 Å². The molecule has 0 radical (unpaired) electrons. The highest BCUT2D eigenvalue weighted by molar-refractivity contribution is 7.22. The molecule has 1 aromatic carbocycles. The molecule has 3 rings (SSSR count). The van der Waals surface area contributed by atoms with Gasteiger partial charge >= 0.3 is 0 Å². The highest BCUT2D eigenvalue weighted by Crippen LogP contribution is 2.35. The first kappa shape index (κ1) is 21.3. The predicted octanol–water partition coefficient (Wildman–Crippen LogP) is 4.89. The van der Waals surface area contributed by atoms with E-state index < -0.39 is 0 Å². The van der Waals surface area contributed by atoms with Gasteiger partial charge in [-0.2, -0.15) is 0 Å². The summed E-state index contributed by atoms with van der Waals surface area (Å²) >= 11 is 1.51. The van der Waals surface area contributed by atoms with Crippen LogP contribution in [0.4, 0.5) is 5.13 Å². The number of thiazole rings is 1. The van der Waals surface area contributed by atoms with Crippen LogP contribution in [0.5, 0.6) is 5.75 Å². The monoisotopic (exact) mass is 415 g/mol. The van der Waals surface area contributed by atoms with Crippen molar-refractivity contribution in [2.75, 3.05) is 37.7 Å². The molecule has 0 unspecified atom stereocenters. The molecule has 1 amide bonds. The number of hydrogen-bond donors (Lipinski definition) is 0. The number of hydrogen-bond acceptors (Lipinski definition) is 6. The van der Waals surface area contributed by atoms with Gasteiger partial charge in [0.15, 0.2) is 5.13 Å². The lowest BCUT2D eigenvalue weighted by molar-refractivity contribution is 0.0982. The van der Waals surface area contributed by atoms with Crippen LogP contribution in [-0.4, -0.2) is 48.6 Å². The van der Waals surface area contributed by atoms with Crippen LogP contribution in [0.1, 0.15) is 42.6 Å². The van der Waals surface area contributed by atoms with Gasteiger partial charge < -0.3 is 14.1 Å². The molecule has 0 aliphatic rings. The molecule has 29 heavy (non-hydrogen) atoms. The third-order valence-corrected chi connectivity index (χ3v) is 6.00. The number of aromatic nitrogens is 1. The first-order chi connectivity index (χ1) is 14.0. The number of furan rings is 1. The van der Waals surface area contributed by atoms with Gasteiger partial charge in [-0.25, -0.2) is 4.98 Å². The van der Waals surface area contributed by atoms with Crippen LogP contribution in [0.2, 0.25) is 0 Å². The van der Waals surface area contributed by atoms with E-state index in [4.69, 9.17) is 14.1 Å². The largest absolute Gasteiger partial charge is 0.492 e. The minimum absolute atomic E-state index is 0.0801. The highest BCUT2D eigenvalue weighted by atomic mass is 32.1. The van der Waals surface area contributed by atoms with E-state index in [0.29, 0.717) is 29.6 Å². The Balaban J connectivity index is 2.00. The normalized spacial score (nSPS) is 11.4. The van der Waals surface area contributed by atoms with E-state index in [2.05, 4.69) is 18.7 Å². The van der Waals surface area contributed by atoms with E-state index in [1.165, 1.54) is 11.3 Å². The average Bonchev–Trinajstić information content (AvgIpc) is 3.28. The summed E-state index contributed by atoms with van der Waals surface area (Å²) in [6.45, 7) is 13.7. The number of nitrogens with zero attached hydrogens (tertiary/aromatic N) is 3. The number of carbonyl (C=O) groups is 1. The van der Waals surface area contributed by atoms with E-state index in [-0.39, 0.29) is 5.91 Å². The molecule has 156 valence electrons. The van der Waals surface area contributed by atoms with Crippen LogP contribution in [0.3, 0.4) is 0 Å². The van der Waals surface area contributed by atoms with Crippen LogP contribution < -0.4 is 9.64 Å². The van der Waals surface area contributed by atoms with Crippen molar-refractivity contribution in [1.82, 2.24) is 9.88 Å². The minimum Gasteiger partial charge on any atom is -0.492 e. The number of aryl methyl sites for hydroxylation is 2. The van der Waals surface area contributed by atoms with Crippen molar-refractivity contribution < 1.29 is 13.9 Å². The number of para-hydroxylation sites is 1. The van der Waals surface area contributed by atoms with E-state index in [9.17, 15) is 4.79 Å². The van der Waals surface area contributed by atoms with Crippen LogP contribution in [0, 0.1) is 13.8 Å². The third kappa shape index (κ3) is 4.62. The molecular weight excluding hydrogens is 386 g/mol. The smallest absolute Gasteiger partial charge is 0.263 e. The van der Waals surface area contributed by atoms with E-state index in [1.807, 2.05) is 39.0 Å². The second-order valence-electron chi connectivity index (χ2n) is 6.84. The summed E-state index contributed by atoms with van der Waals surface area (Å²) in [5.41, 5.74) is 1.39. The lowest BCUT2D eigenvalue weighted by atomic mass is 10.2. The molecule has 0 spiro atoms. The van der Waals surface area contributed by atoms with Gasteiger partial charge in [-0.05, 0) is 52.1 Å². The number of likely N-dealkylation sites (N-methyl/N-ethyl adjacent to an activating group) is 1. The number of benzene rings is 1. The molecule has 0 N–H and O–H groups in total. The molecule has 2 heterocycles. The van der Waals surface area contributed by atoms with Gasteiger partial charge in [-0.1, -0.05) is 31.3 Å². The Morgan fingerprint density at radius 2 is 1.93 bits per heavy atom. The average molecular weight is 416 g/mol. The minimum atomic E-state index is -0.0801. The maximum atomic E-state index is 13.4. The number of anilines is 1. The fourth-order valence-electron chi connectivity index (χ4n) is 3.35. The fourth-order valence-corrected chi connectivity index (χ4v) is 4.36. The summed E-state index contributed by atoms with van der Waals surface area (Å²) in [6, 6.07) is 7.70. The molecule has 3 aromatic rings. The number of fused-ring (bicyclic) bond motifs is 1. The number of amides is 1. The molecule has 0 bridgehead atoms. The lowest BCUT2D eigenvalue weighted by Gasteiger charge is -2.24. The molecule has 0 saturated carbocycles. The summed E-state index contributed by atoms with van der Waals surface area (Å²) in [4.78, 5) is 22.3.